The first-order valence-corrected chi connectivity index (χ1v) is 6.67. The number of fused-ring (bicyclic) bond motifs is 2. The summed E-state index contributed by atoms with van der Waals surface area (Å²) in [4.78, 5) is 12.6. The van der Waals surface area contributed by atoms with Crippen molar-refractivity contribution in [2.45, 2.75) is 0 Å². The molecule has 4 rings (SSSR count). The molecule has 4 nitrogen and oxygen atoms in total. The highest BCUT2D eigenvalue weighted by Crippen LogP contribution is 2.18. The van der Waals surface area contributed by atoms with E-state index in [-0.39, 0.29) is 5.91 Å². The Morgan fingerprint density at radius 1 is 0.857 bits per heavy atom. The number of carbonyl (C=O) groups is 1. The molecule has 3 aromatic carbocycles. The van der Waals surface area contributed by atoms with Crippen molar-refractivity contribution < 1.29 is 4.79 Å². The molecule has 0 bridgehead atoms. The van der Waals surface area contributed by atoms with Gasteiger partial charge in [0.05, 0.1) is 5.52 Å². The maximum atomic E-state index is 12.6. The Morgan fingerprint density at radius 3 is 2.52 bits per heavy atom. The number of benzene rings is 3. The van der Waals surface area contributed by atoms with Crippen LogP contribution < -0.4 is 0 Å². The van der Waals surface area contributed by atoms with Crippen LogP contribution >= 0.6 is 0 Å². The Morgan fingerprint density at radius 2 is 1.62 bits per heavy atom. The van der Waals surface area contributed by atoms with Gasteiger partial charge in [0.25, 0.3) is 5.91 Å². The fourth-order valence-corrected chi connectivity index (χ4v) is 2.46. The second kappa shape index (κ2) is 4.52. The van der Waals surface area contributed by atoms with E-state index in [9.17, 15) is 4.79 Å². The molecule has 0 fully saturated rings. The summed E-state index contributed by atoms with van der Waals surface area (Å²) in [6, 6.07) is 21.0. The van der Waals surface area contributed by atoms with Crippen LogP contribution in [-0.2, 0) is 0 Å². The summed E-state index contributed by atoms with van der Waals surface area (Å²) in [5.74, 6) is -0.172. The molecule has 1 aromatic heterocycles. The molecule has 0 aliphatic rings. The van der Waals surface area contributed by atoms with Crippen LogP contribution in [0.1, 0.15) is 10.4 Å². The van der Waals surface area contributed by atoms with Gasteiger partial charge in [0.1, 0.15) is 5.52 Å². The first-order chi connectivity index (χ1) is 10.3. The summed E-state index contributed by atoms with van der Waals surface area (Å²) in [5, 5.41) is 10.1. The largest absolute Gasteiger partial charge is 0.280 e. The van der Waals surface area contributed by atoms with Crippen LogP contribution in [0.25, 0.3) is 21.8 Å². The van der Waals surface area contributed by atoms with Crippen molar-refractivity contribution in [3.63, 3.8) is 0 Å². The summed E-state index contributed by atoms with van der Waals surface area (Å²) in [6.45, 7) is 0. The van der Waals surface area contributed by atoms with E-state index in [1.807, 2.05) is 66.7 Å². The van der Waals surface area contributed by atoms with Gasteiger partial charge in [-0.25, -0.2) is 0 Å². The van der Waals surface area contributed by atoms with Crippen molar-refractivity contribution in [3.8, 4) is 0 Å². The van der Waals surface area contributed by atoms with Gasteiger partial charge in [0, 0.05) is 5.56 Å². The fraction of sp³-hybridized carbons (Fsp3) is 0. The molecule has 0 aliphatic heterocycles. The van der Waals surface area contributed by atoms with E-state index in [2.05, 4.69) is 10.3 Å². The van der Waals surface area contributed by atoms with Crippen LogP contribution in [0.5, 0.6) is 0 Å². The first kappa shape index (κ1) is 11.8. The summed E-state index contributed by atoms with van der Waals surface area (Å²) in [5.41, 5.74) is 2.03. The van der Waals surface area contributed by atoms with Crippen molar-refractivity contribution in [2.75, 3.05) is 0 Å². The van der Waals surface area contributed by atoms with Crippen molar-refractivity contribution in [1.82, 2.24) is 15.0 Å². The third kappa shape index (κ3) is 1.89. The van der Waals surface area contributed by atoms with Gasteiger partial charge in [0.15, 0.2) is 0 Å². The molecule has 0 aliphatic carbocycles. The second-order valence-electron chi connectivity index (χ2n) is 4.86. The van der Waals surface area contributed by atoms with Gasteiger partial charge in [-0.3, -0.25) is 4.79 Å². The molecular formula is C17H11N3O. The summed E-state index contributed by atoms with van der Waals surface area (Å²) < 4.78 is 1.35. The minimum absolute atomic E-state index is 0.172. The molecule has 100 valence electrons. The van der Waals surface area contributed by atoms with E-state index in [0.29, 0.717) is 11.1 Å². The maximum absolute atomic E-state index is 12.6. The van der Waals surface area contributed by atoms with E-state index in [4.69, 9.17) is 0 Å². The average Bonchev–Trinajstić information content (AvgIpc) is 2.98. The molecule has 21 heavy (non-hydrogen) atoms. The number of nitrogens with zero attached hydrogens (tertiary/aromatic N) is 3. The van der Waals surface area contributed by atoms with Gasteiger partial charge < -0.3 is 0 Å². The number of carbonyl (C=O) groups excluding carboxylic acids is 1. The Balaban J connectivity index is 1.86. The van der Waals surface area contributed by atoms with Gasteiger partial charge >= 0.3 is 0 Å². The van der Waals surface area contributed by atoms with Crippen LogP contribution in [0, 0.1) is 0 Å². The molecule has 4 aromatic rings. The lowest BCUT2D eigenvalue weighted by Crippen LogP contribution is -2.13. The van der Waals surface area contributed by atoms with Crippen LogP contribution in [0.15, 0.2) is 66.7 Å². The molecule has 0 saturated heterocycles. The Kier molecular flexibility index (Phi) is 2.54. The fourth-order valence-electron chi connectivity index (χ4n) is 2.46. The molecule has 1 heterocycles. The van der Waals surface area contributed by atoms with Crippen LogP contribution in [-0.4, -0.2) is 20.9 Å². The van der Waals surface area contributed by atoms with Gasteiger partial charge in [-0.1, -0.05) is 47.7 Å². The number of para-hydroxylation sites is 1. The molecule has 0 radical (unpaired) electrons. The van der Waals surface area contributed by atoms with Gasteiger partial charge in [0.2, 0.25) is 0 Å². The van der Waals surface area contributed by atoms with Crippen LogP contribution in [0.2, 0.25) is 0 Å². The van der Waals surface area contributed by atoms with E-state index >= 15 is 0 Å². The third-order valence-electron chi connectivity index (χ3n) is 3.54. The lowest BCUT2D eigenvalue weighted by atomic mass is 10.1. The Labute approximate surface area is 120 Å². The highest BCUT2D eigenvalue weighted by molar-refractivity contribution is 6.02. The summed E-state index contributed by atoms with van der Waals surface area (Å²) >= 11 is 0. The minimum Gasteiger partial charge on any atom is -0.267 e. The molecule has 0 N–H and O–H groups in total. The minimum atomic E-state index is -0.172. The number of hydrogen-bond donors (Lipinski definition) is 0. The van der Waals surface area contributed by atoms with E-state index in [1.54, 1.807) is 0 Å². The van der Waals surface area contributed by atoms with Crippen LogP contribution in [0.4, 0.5) is 0 Å². The molecule has 0 saturated carbocycles. The zero-order valence-corrected chi connectivity index (χ0v) is 11.1. The molecule has 0 spiro atoms. The predicted molar refractivity (Wildman–Crippen MR) is 81.2 cm³/mol. The lowest BCUT2D eigenvalue weighted by molar-refractivity contribution is 0.0948. The monoisotopic (exact) mass is 273 g/mol. The predicted octanol–water partition coefficient (Wildman–Crippen LogP) is 3.27. The smallest absolute Gasteiger partial charge is 0.267 e. The normalized spacial score (nSPS) is 11.0. The standard InChI is InChI=1S/C17H11N3O/c21-17(20-16-8-4-3-7-15(16)18-19-20)14-10-9-12-5-1-2-6-13(12)11-14/h1-11H. The molecule has 4 heteroatoms. The third-order valence-corrected chi connectivity index (χ3v) is 3.54. The van der Waals surface area contributed by atoms with Gasteiger partial charge in [-0.2, -0.15) is 4.68 Å². The summed E-state index contributed by atoms with van der Waals surface area (Å²) in [6.07, 6.45) is 0. The Bertz CT molecular complexity index is 972. The molecule has 0 amide bonds. The van der Waals surface area contributed by atoms with Gasteiger partial charge in [-0.15, -0.1) is 5.10 Å². The van der Waals surface area contributed by atoms with Crippen molar-refractivity contribution in [3.05, 3.63) is 72.3 Å². The highest BCUT2D eigenvalue weighted by atomic mass is 16.2. The second-order valence-corrected chi connectivity index (χ2v) is 4.86. The lowest BCUT2D eigenvalue weighted by Gasteiger charge is -2.03. The zero-order valence-electron chi connectivity index (χ0n) is 11.1. The molecule has 0 unspecified atom stereocenters. The van der Waals surface area contributed by atoms with Crippen molar-refractivity contribution in [2.24, 2.45) is 0 Å². The zero-order chi connectivity index (χ0) is 14.2. The van der Waals surface area contributed by atoms with Crippen molar-refractivity contribution in [1.29, 1.82) is 0 Å². The Hall–Kier alpha value is -3.01. The summed E-state index contributed by atoms with van der Waals surface area (Å²) in [7, 11) is 0. The van der Waals surface area contributed by atoms with E-state index in [1.165, 1.54) is 4.68 Å². The maximum Gasteiger partial charge on any atom is 0.280 e. The quantitative estimate of drug-likeness (QED) is 0.534. The SMILES string of the molecule is O=C(c1ccc2ccccc2c1)n1nnc2ccccc21. The average molecular weight is 273 g/mol. The first-order valence-electron chi connectivity index (χ1n) is 6.67. The van der Waals surface area contributed by atoms with E-state index < -0.39 is 0 Å². The number of hydrogen-bond acceptors (Lipinski definition) is 3. The molecular weight excluding hydrogens is 262 g/mol. The van der Waals surface area contributed by atoms with Gasteiger partial charge in [-0.05, 0) is 35.0 Å². The topological polar surface area (TPSA) is 47.8 Å². The number of aromatic nitrogens is 3. The highest BCUT2D eigenvalue weighted by Gasteiger charge is 2.14. The van der Waals surface area contributed by atoms with Crippen LogP contribution in [0.3, 0.4) is 0 Å². The molecule has 0 atom stereocenters. The van der Waals surface area contributed by atoms with Crippen molar-refractivity contribution >= 4 is 27.7 Å². The van der Waals surface area contributed by atoms with E-state index in [0.717, 1.165) is 16.3 Å². The number of rotatable bonds is 1.